The van der Waals surface area contributed by atoms with Crippen LogP contribution in [0.4, 0.5) is 0 Å². The molecule has 0 aliphatic heterocycles. The van der Waals surface area contributed by atoms with E-state index < -0.39 is 0 Å². The molecule has 23 heavy (non-hydrogen) atoms. The highest BCUT2D eigenvalue weighted by Gasteiger charge is 2.30. The summed E-state index contributed by atoms with van der Waals surface area (Å²) in [7, 11) is 0. The normalized spacial score (nSPS) is 20.6. The summed E-state index contributed by atoms with van der Waals surface area (Å²) >= 11 is 0. The molecule has 0 amide bonds. The Morgan fingerprint density at radius 1 is 0.696 bits per heavy atom. The third-order valence-corrected chi connectivity index (χ3v) is 4.01. The Kier molecular flexibility index (Phi) is 23.7. The van der Waals surface area contributed by atoms with E-state index in [0.717, 1.165) is 45.7 Å². The predicted octanol–water partition coefficient (Wildman–Crippen LogP) is 1.79. The minimum Gasteiger partial charge on any atom is -0.331 e. The van der Waals surface area contributed by atoms with Crippen LogP contribution in [0.15, 0.2) is 0 Å². The van der Waals surface area contributed by atoms with Crippen molar-refractivity contribution in [3.63, 3.8) is 0 Å². The van der Waals surface area contributed by atoms with Crippen LogP contribution >= 0.6 is 0 Å². The summed E-state index contributed by atoms with van der Waals surface area (Å²) in [6.45, 7) is 8.87. The summed E-state index contributed by atoms with van der Waals surface area (Å²) < 4.78 is 0. The van der Waals surface area contributed by atoms with Gasteiger partial charge in [-0.3, -0.25) is 0 Å². The molecular weight excluding hydrogens is 286 g/mol. The molecule has 2 bridgehead atoms. The molecule has 0 aromatic heterocycles. The number of rotatable bonds is 7. The maximum Gasteiger partial charge on any atom is 0.00745 e. The van der Waals surface area contributed by atoms with Gasteiger partial charge >= 0.3 is 0 Å². The average Bonchev–Trinajstić information content (AvgIpc) is 3.18. The van der Waals surface area contributed by atoms with Gasteiger partial charge in [-0.05, 0) is 57.3 Å². The second-order valence-corrected chi connectivity index (χ2v) is 6.33. The fourth-order valence-corrected chi connectivity index (χ4v) is 2.97. The van der Waals surface area contributed by atoms with Crippen LogP contribution in [-0.2, 0) is 0 Å². The second-order valence-electron chi connectivity index (χ2n) is 6.33. The molecule has 2 saturated carbocycles. The van der Waals surface area contributed by atoms with Gasteiger partial charge in [-0.15, -0.1) is 0 Å². The first-order chi connectivity index (χ1) is 11.2. The maximum absolute atomic E-state index is 5.33. The first kappa shape index (κ1) is 25.0. The number of hydrogen-bond donors (Lipinski definition) is 5. The van der Waals surface area contributed by atoms with Crippen LogP contribution < -0.4 is 28.3 Å². The number of fused-ring (bicyclic) bond motifs is 2. The number of hydrogen-bond acceptors (Lipinski definition) is 5. The molecule has 0 unspecified atom stereocenters. The molecule has 0 aromatic rings. The van der Waals surface area contributed by atoms with Gasteiger partial charge < -0.3 is 28.3 Å². The Morgan fingerprint density at radius 3 is 1.48 bits per heavy atom. The minimum atomic E-state index is 0.733. The summed E-state index contributed by atoms with van der Waals surface area (Å²) in [5, 5.41) is 3.23. The van der Waals surface area contributed by atoms with E-state index in [4.69, 9.17) is 22.9 Å². The van der Waals surface area contributed by atoms with Crippen molar-refractivity contribution in [2.75, 3.05) is 39.3 Å². The van der Waals surface area contributed by atoms with Gasteiger partial charge in [0, 0.05) is 13.1 Å². The lowest BCUT2D eigenvalue weighted by Gasteiger charge is -2.05. The van der Waals surface area contributed by atoms with Crippen molar-refractivity contribution < 1.29 is 0 Å². The van der Waals surface area contributed by atoms with Gasteiger partial charge in [0.2, 0.25) is 0 Å². The molecule has 5 nitrogen and oxygen atoms in total. The van der Waals surface area contributed by atoms with E-state index >= 15 is 0 Å². The van der Waals surface area contributed by atoms with Crippen molar-refractivity contribution in [1.82, 2.24) is 5.32 Å². The van der Waals surface area contributed by atoms with Crippen LogP contribution in [0.3, 0.4) is 0 Å². The van der Waals surface area contributed by atoms with E-state index in [1.165, 1.54) is 24.7 Å². The molecule has 0 aromatic carbocycles. The molecule has 2 fully saturated rings. The lowest BCUT2D eigenvalue weighted by atomic mass is 10.0. The molecule has 5 heteroatoms. The van der Waals surface area contributed by atoms with Crippen molar-refractivity contribution in [2.45, 2.75) is 65.2 Å². The lowest BCUT2D eigenvalue weighted by Crippen LogP contribution is -2.23. The summed E-state index contributed by atoms with van der Waals surface area (Å²) in [6.07, 6.45) is 11.4. The number of nitrogens with one attached hydrogen (secondary N) is 1. The minimum absolute atomic E-state index is 0.733. The van der Waals surface area contributed by atoms with E-state index in [0.29, 0.717) is 0 Å². The molecule has 0 atom stereocenters. The second kappa shape index (κ2) is 21.8. The first-order valence-electron chi connectivity index (χ1n) is 9.70. The van der Waals surface area contributed by atoms with Crippen LogP contribution in [0.5, 0.6) is 0 Å². The van der Waals surface area contributed by atoms with Gasteiger partial charge in [0.25, 0.3) is 0 Å². The van der Waals surface area contributed by atoms with Gasteiger partial charge in [0.05, 0.1) is 0 Å². The molecule has 0 saturated heterocycles. The highest BCUT2D eigenvalue weighted by Crippen LogP contribution is 2.43. The highest BCUT2D eigenvalue weighted by atomic mass is 14.9. The third-order valence-electron chi connectivity index (χ3n) is 4.01. The first-order valence-corrected chi connectivity index (χ1v) is 9.70. The van der Waals surface area contributed by atoms with Gasteiger partial charge in [0.15, 0.2) is 0 Å². The third kappa shape index (κ3) is 19.8. The Morgan fingerprint density at radius 2 is 1.17 bits per heavy atom. The molecule has 142 valence electrons. The molecule has 0 heterocycles. The molecule has 2 rings (SSSR count). The zero-order valence-electron chi connectivity index (χ0n) is 15.9. The van der Waals surface area contributed by atoms with Crippen LogP contribution in [0.1, 0.15) is 65.2 Å². The van der Waals surface area contributed by atoms with Crippen molar-refractivity contribution in [1.29, 1.82) is 0 Å². The topological polar surface area (TPSA) is 116 Å². The Balaban J connectivity index is 0. The molecule has 9 N–H and O–H groups in total. The summed E-state index contributed by atoms with van der Waals surface area (Å²) in [4.78, 5) is 0. The SMILES string of the molecule is C1CC2CCC1C2.CCN.CCN.NCCCCCNCCN. The van der Waals surface area contributed by atoms with E-state index in [-0.39, 0.29) is 0 Å². The smallest absolute Gasteiger partial charge is 0.00745 e. The Labute approximate surface area is 145 Å². The zero-order valence-corrected chi connectivity index (χ0v) is 15.9. The van der Waals surface area contributed by atoms with Crippen LogP contribution in [-0.4, -0.2) is 39.3 Å². The largest absolute Gasteiger partial charge is 0.331 e. The quantitative estimate of drug-likeness (QED) is 0.456. The monoisotopic (exact) mass is 331 g/mol. The van der Waals surface area contributed by atoms with Crippen LogP contribution in [0.25, 0.3) is 0 Å². The molecule has 0 radical (unpaired) electrons. The number of nitrogens with two attached hydrogens (primary N) is 4. The summed E-state index contributed by atoms with van der Waals surface area (Å²) in [5.74, 6) is 2.34. The molecule has 0 spiro atoms. The van der Waals surface area contributed by atoms with E-state index in [9.17, 15) is 0 Å². The van der Waals surface area contributed by atoms with E-state index in [2.05, 4.69) is 5.32 Å². The summed E-state index contributed by atoms with van der Waals surface area (Å²) in [6, 6.07) is 0. The highest BCUT2D eigenvalue weighted by molar-refractivity contribution is 4.82. The molecule has 2 aliphatic carbocycles. The van der Waals surface area contributed by atoms with Crippen molar-refractivity contribution >= 4 is 0 Å². The van der Waals surface area contributed by atoms with Gasteiger partial charge in [-0.2, -0.15) is 0 Å². The predicted molar refractivity (Wildman–Crippen MR) is 104 cm³/mol. The average molecular weight is 332 g/mol. The standard InChI is InChI=1S/C7H19N3.C7H12.2C2H7N/c8-4-2-1-3-6-10-7-5-9;1-2-7-4-3-6(1)5-7;2*1-2-3/h10H,1-9H2;6-7H,1-5H2;2*2-3H2,1H3. The molecule has 2 aliphatic rings. The van der Waals surface area contributed by atoms with Crippen LogP contribution in [0.2, 0.25) is 0 Å². The van der Waals surface area contributed by atoms with Crippen molar-refractivity contribution in [3.05, 3.63) is 0 Å². The van der Waals surface area contributed by atoms with Gasteiger partial charge in [-0.25, -0.2) is 0 Å². The van der Waals surface area contributed by atoms with Crippen molar-refractivity contribution in [2.24, 2.45) is 34.8 Å². The summed E-state index contributed by atoms with van der Waals surface area (Å²) in [5.41, 5.74) is 20.3. The maximum atomic E-state index is 5.33. The van der Waals surface area contributed by atoms with Gasteiger partial charge in [-0.1, -0.05) is 46.0 Å². The van der Waals surface area contributed by atoms with Gasteiger partial charge in [0.1, 0.15) is 0 Å². The van der Waals surface area contributed by atoms with E-state index in [1.54, 1.807) is 32.1 Å². The fourth-order valence-electron chi connectivity index (χ4n) is 2.97. The zero-order chi connectivity index (χ0) is 17.8. The number of unbranched alkanes of at least 4 members (excludes halogenated alkanes) is 2. The lowest BCUT2D eigenvalue weighted by molar-refractivity contribution is 0.480. The van der Waals surface area contributed by atoms with Crippen LogP contribution in [0, 0.1) is 11.8 Å². The molecular formula is C18H45N5. The Bertz CT molecular complexity index is 174. The van der Waals surface area contributed by atoms with Crippen molar-refractivity contribution in [3.8, 4) is 0 Å². The van der Waals surface area contributed by atoms with E-state index in [1.807, 2.05) is 13.8 Å². The fraction of sp³-hybridized carbons (Fsp3) is 1.00. The Hall–Kier alpha value is -0.200.